The number of anilines is 2. The average molecular weight is 662 g/mol. The molecule has 4 amide bonds. The fourth-order valence-electron chi connectivity index (χ4n) is 5.42. The fourth-order valence-corrected chi connectivity index (χ4v) is 5.42. The zero-order valence-electron chi connectivity index (χ0n) is 28.3. The minimum Gasteiger partial charge on any atom is -0.497 e. The van der Waals surface area contributed by atoms with Crippen LogP contribution in [0.3, 0.4) is 0 Å². The van der Waals surface area contributed by atoms with Crippen LogP contribution in [0.15, 0.2) is 67.0 Å². The van der Waals surface area contributed by atoms with E-state index in [1.54, 1.807) is 85.5 Å². The highest BCUT2D eigenvalue weighted by molar-refractivity contribution is 6.05. The second-order valence-electron chi connectivity index (χ2n) is 12.2. The van der Waals surface area contributed by atoms with Gasteiger partial charge in [-0.25, -0.2) is 4.79 Å². The number of aliphatic hydroxyl groups excluding tert-OH is 1. The number of urea groups is 1. The first kappa shape index (κ1) is 36.2. The van der Waals surface area contributed by atoms with E-state index < -0.39 is 12.1 Å². The Balaban J connectivity index is 1.58. The third-order valence-electron chi connectivity index (χ3n) is 8.39. The molecule has 1 aliphatic rings. The number of methoxy groups -OCH3 is 1. The summed E-state index contributed by atoms with van der Waals surface area (Å²) in [4.78, 5) is 47.5. The predicted octanol–water partition coefficient (Wildman–Crippen LogP) is 5.30. The number of pyridine rings is 1. The number of hydrogen-bond donors (Lipinski definition) is 3. The second-order valence-corrected chi connectivity index (χ2v) is 12.2. The molecule has 0 fully saturated rings. The van der Waals surface area contributed by atoms with E-state index in [9.17, 15) is 19.5 Å². The van der Waals surface area contributed by atoms with E-state index in [0.29, 0.717) is 35.0 Å². The van der Waals surface area contributed by atoms with Crippen LogP contribution in [0.2, 0.25) is 0 Å². The molecule has 48 heavy (non-hydrogen) atoms. The van der Waals surface area contributed by atoms with Crippen molar-refractivity contribution in [2.24, 2.45) is 5.92 Å². The zero-order valence-corrected chi connectivity index (χ0v) is 28.3. The highest BCUT2D eigenvalue weighted by Gasteiger charge is 2.31. The van der Waals surface area contributed by atoms with Gasteiger partial charge in [-0.1, -0.05) is 6.92 Å². The number of carbonyl (C=O) groups is 3. The number of aliphatic hydroxyl groups is 1. The van der Waals surface area contributed by atoms with Crippen LogP contribution in [0.25, 0.3) is 0 Å². The van der Waals surface area contributed by atoms with Gasteiger partial charge >= 0.3 is 6.03 Å². The molecule has 12 nitrogen and oxygen atoms in total. The number of hydrogen-bond acceptors (Lipinski definition) is 8. The van der Waals surface area contributed by atoms with Crippen LogP contribution in [-0.4, -0.2) is 96.4 Å². The number of nitrogens with one attached hydrogen (secondary N) is 2. The first-order chi connectivity index (χ1) is 23.1. The van der Waals surface area contributed by atoms with Crippen LogP contribution in [0.4, 0.5) is 16.2 Å². The van der Waals surface area contributed by atoms with E-state index in [1.165, 1.54) is 12.4 Å². The Morgan fingerprint density at radius 3 is 2.46 bits per heavy atom. The molecule has 1 aliphatic heterocycles. The van der Waals surface area contributed by atoms with Crippen molar-refractivity contribution in [2.75, 3.05) is 51.1 Å². The summed E-state index contributed by atoms with van der Waals surface area (Å²) in [6.07, 6.45) is 4.85. The van der Waals surface area contributed by atoms with Gasteiger partial charge in [0.25, 0.3) is 11.8 Å². The smallest absolute Gasteiger partial charge is 0.321 e. The van der Waals surface area contributed by atoms with E-state index in [4.69, 9.17) is 14.2 Å². The Hall–Kier alpha value is -4.68. The van der Waals surface area contributed by atoms with Crippen LogP contribution in [0.5, 0.6) is 11.5 Å². The van der Waals surface area contributed by atoms with E-state index in [0.717, 1.165) is 19.3 Å². The van der Waals surface area contributed by atoms with Crippen LogP contribution in [-0.2, 0) is 4.74 Å². The highest BCUT2D eigenvalue weighted by atomic mass is 16.5. The lowest BCUT2D eigenvalue weighted by Gasteiger charge is -2.35. The Morgan fingerprint density at radius 2 is 1.77 bits per heavy atom. The summed E-state index contributed by atoms with van der Waals surface area (Å²) in [7, 11) is 3.29. The Morgan fingerprint density at radius 1 is 1.06 bits per heavy atom. The summed E-state index contributed by atoms with van der Waals surface area (Å²) in [6.45, 7) is 6.43. The Labute approximate surface area is 282 Å². The summed E-state index contributed by atoms with van der Waals surface area (Å²) in [6, 6.07) is 14.5. The number of aromatic nitrogens is 1. The van der Waals surface area contributed by atoms with Crippen molar-refractivity contribution >= 4 is 29.2 Å². The molecule has 3 N–H and O–H groups in total. The molecule has 12 heteroatoms. The number of fused-ring (bicyclic) bond motifs is 1. The standard InChI is InChI=1S/C36H47N5O7/c1-24-21-41(25(2)23-42)35(44)31-20-29(38-34(43)27-15-17-37-18-16-27)11-14-32(31)48-26(3)8-6-7-19-47-33(24)22-40(4)36(45)39-28-9-12-30(46-5)13-10-28/h9-18,20,24-26,33,42H,6-8,19,21-23H2,1-5H3,(H,38,43)(H,39,45)/t24-,25+,26+,33-/m0/s1. The number of nitrogens with zero attached hydrogens (tertiary/aromatic N) is 3. The van der Waals surface area contributed by atoms with Crippen LogP contribution < -0.4 is 20.1 Å². The minimum atomic E-state index is -0.537. The molecule has 258 valence electrons. The number of ether oxygens (including phenoxy) is 3. The van der Waals surface area contributed by atoms with E-state index in [-0.39, 0.29) is 55.1 Å². The average Bonchev–Trinajstić information content (AvgIpc) is 3.10. The molecule has 4 rings (SSSR count). The molecule has 2 aromatic carbocycles. The van der Waals surface area contributed by atoms with Crippen LogP contribution in [0.1, 0.15) is 60.7 Å². The highest BCUT2D eigenvalue weighted by Crippen LogP contribution is 2.29. The van der Waals surface area contributed by atoms with Crippen LogP contribution >= 0.6 is 0 Å². The fraction of sp³-hybridized carbons (Fsp3) is 0.444. The summed E-state index contributed by atoms with van der Waals surface area (Å²) in [5.74, 6) is 0.173. The van der Waals surface area contributed by atoms with Gasteiger partial charge in [0, 0.05) is 62.0 Å². The SMILES string of the molecule is COc1ccc(NC(=O)N(C)C[C@@H]2OCCCC[C@@H](C)Oc3ccc(NC(=O)c4ccncc4)cc3C(=O)N([C@H](C)CO)C[C@@H]2C)cc1. The monoisotopic (exact) mass is 661 g/mol. The van der Waals surface area contributed by atoms with Gasteiger partial charge in [0.15, 0.2) is 0 Å². The second kappa shape index (κ2) is 17.5. The number of rotatable bonds is 8. The molecule has 2 heterocycles. The quantitative estimate of drug-likeness (QED) is 0.295. The lowest BCUT2D eigenvalue weighted by molar-refractivity contribution is -0.0115. The van der Waals surface area contributed by atoms with Crippen molar-refractivity contribution in [1.82, 2.24) is 14.8 Å². The Bertz CT molecular complexity index is 1500. The molecular formula is C36H47N5O7. The van der Waals surface area contributed by atoms with Gasteiger partial charge in [-0.05, 0) is 87.7 Å². The molecule has 0 unspecified atom stereocenters. The van der Waals surface area contributed by atoms with Crippen molar-refractivity contribution in [1.29, 1.82) is 0 Å². The van der Waals surface area contributed by atoms with E-state index in [1.807, 2.05) is 13.8 Å². The first-order valence-corrected chi connectivity index (χ1v) is 16.3. The molecule has 0 bridgehead atoms. The molecular weight excluding hydrogens is 614 g/mol. The topological polar surface area (TPSA) is 143 Å². The maximum atomic E-state index is 14.3. The molecule has 0 spiro atoms. The molecule has 1 aromatic heterocycles. The summed E-state index contributed by atoms with van der Waals surface area (Å²) in [5, 5.41) is 16.0. The predicted molar refractivity (Wildman–Crippen MR) is 184 cm³/mol. The van der Waals surface area contributed by atoms with E-state index in [2.05, 4.69) is 15.6 Å². The lowest BCUT2D eigenvalue weighted by Crippen LogP contribution is -2.48. The number of amides is 4. The van der Waals surface area contributed by atoms with E-state index >= 15 is 0 Å². The first-order valence-electron chi connectivity index (χ1n) is 16.3. The van der Waals surface area contributed by atoms with Gasteiger partial charge in [0.1, 0.15) is 11.5 Å². The summed E-state index contributed by atoms with van der Waals surface area (Å²) < 4.78 is 17.9. The molecule has 3 aromatic rings. The van der Waals surface area contributed by atoms with Gasteiger partial charge in [0.05, 0.1) is 37.5 Å². The summed E-state index contributed by atoms with van der Waals surface area (Å²) in [5.41, 5.74) is 1.76. The molecule has 0 saturated heterocycles. The van der Waals surface area contributed by atoms with Gasteiger partial charge in [-0.15, -0.1) is 0 Å². The maximum Gasteiger partial charge on any atom is 0.321 e. The third-order valence-corrected chi connectivity index (χ3v) is 8.39. The molecule has 4 atom stereocenters. The normalized spacial score (nSPS) is 19.6. The van der Waals surface area contributed by atoms with Gasteiger partial charge in [-0.3, -0.25) is 14.6 Å². The largest absolute Gasteiger partial charge is 0.497 e. The minimum absolute atomic E-state index is 0.192. The Kier molecular flexibility index (Phi) is 13.2. The number of benzene rings is 2. The number of carbonyl (C=O) groups excluding carboxylic acids is 3. The van der Waals surface area contributed by atoms with Crippen molar-refractivity contribution in [2.45, 2.75) is 58.3 Å². The van der Waals surface area contributed by atoms with Crippen molar-refractivity contribution in [3.63, 3.8) is 0 Å². The van der Waals surface area contributed by atoms with Gasteiger partial charge < -0.3 is 39.8 Å². The van der Waals surface area contributed by atoms with Crippen LogP contribution in [0, 0.1) is 5.92 Å². The van der Waals surface area contributed by atoms with Gasteiger partial charge in [-0.2, -0.15) is 0 Å². The van der Waals surface area contributed by atoms with Crippen molar-refractivity contribution in [3.05, 3.63) is 78.1 Å². The third kappa shape index (κ3) is 9.91. The molecule has 0 saturated carbocycles. The zero-order chi connectivity index (χ0) is 34.6. The molecule has 0 aliphatic carbocycles. The maximum absolute atomic E-state index is 14.3. The molecule has 0 radical (unpaired) electrons. The van der Waals surface area contributed by atoms with Crippen molar-refractivity contribution in [3.8, 4) is 11.5 Å². The summed E-state index contributed by atoms with van der Waals surface area (Å²) >= 11 is 0. The van der Waals surface area contributed by atoms with Gasteiger partial charge in [0.2, 0.25) is 0 Å². The lowest BCUT2D eigenvalue weighted by atomic mass is 10.0. The number of likely N-dealkylation sites (N-methyl/N-ethyl adjacent to an activating group) is 1. The van der Waals surface area contributed by atoms with Crippen molar-refractivity contribution < 1.29 is 33.7 Å².